The number of nitrogen functional groups attached to an aromatic ring is 1. The van der Waals surface area contributed by atoms with Crippen molar-refractivity contribution in [2.75, 3.05) is 12.8 Å². The summed E-state index contributed by atoms with van der Waals surface area (Å²) in [4.78, 5) is 0. The summed E-state index contributed by atoms with van der Waals surface area (Å²) in [6.07, 6.45) is -7.42. The average molecular weight is 405 g/mol. The highest BCUT2D eigenvalue weighted by Gasteiger charge is 2.46. The highest BCUT2D eigenvalue weighted by molar-refractivity contribution is 5.50. The maximum atomic E-state index is 10.3. The fraction of sp³-hybridized carbons (Fsp3) is 0.429. The Morgan fingerprint density at radius 2 is 1.72 bits per heavy atom. The van der Waals surface area contributed by atoms with Gasteiger partial charge in [-0.05, 0) is 36.2 Å². The Bertz CT molecular complexity index is 811. The van der Waals surface area contributed by atoms with Crippen LogP contribution in [-0.4, -0.2) is 64.3 Å². The summed E-state index contributed by atoms with van der Waals surface area (Å²) in [7, 11) is 1.60. The van der Waals surface area contributed by atoms with Gasteiger partial charge in [0.2, 0.25) is 6.29 Å². The molecule has 0 aromatic heterocycles. The number of rotatable bonds is 6. The number of ether oxygens (including phenoxy) is 3. The van der Waals surface area contributed by atoms with Gasteiger partial charge in [0.1, 0.15) is 35.9 Å². The summed E-state index contributed by atoms with van der Waals surface area (Å²) < 4.78 is 16.5. The van der Waals surface area contributed by atoms with E-state index in [4.69, 9.17) is 19.9 Å². The summed E-state index contributed by atoms with van der Waals surface area (Å²) in [5.74, 6) is 1.12. The number of nitrogens with two attached hydrogens (primary N) is 1. The van der Waals surface area contributed by atoms with Gasteiger partial charge in [-0.15, -0.1) is 0 Å². The molecule has 1 aliphatic rings. The molecule has 0 bridgehead atoms. The fourth-order valence-corrected chi connectivity index (χ4v) is 3.29. The molecular weight excluding hydrogens is 378 g/mol. The van der Waals surface area contributed by atoms with E-state index in [0.29, 0.717) is 17.9 Å². The lowest BCUT2D eigenvalue weighted by Gasteiger charge is -2.41. The van der Waals surface area contributed by atoms with Gasteiger partial charge in [0.25, 0.3) is 0 Å². The molecule has 0 radical (unpaired) electrons. The summed E-state index contributed by atoms with van der Waals surface area (Å²) in [6, 6.07) is 12.7. The number of aliphatic hydroxyl groups excluding tert-OH is 4. The summed E-state index contributed by atoms with van der Waals surface area (Å²) in [5.41, 5.74) is 8.14. The van der Waals surface area contributed by atoms with Crippen molar-refractivity contribution >= 4 is 5.69 Å². The number of aliphatic hydroxyl groups is 4. The number of hydrogen-bond acceptors (Lipinski definition) is 8. The Kier molecular flexibility index (Phi) is 6.61. The average Bonchev–Trinajstić information content (AvgIpc) is 2.70. The second kappa shape index (κ2) is 8.98. The van der Waals surface area contributed by atoms with Crippen LogP contribution >= 0.6 is 0 Å². The second-order valence-corrected chi connectivity index (χ2v) is 7.19. The third-order valence-electron chi connectivity index (χ3n) is 4.97. The predicted molar refractivity (Wildman–Crippen MR) is 106 cm³/mol. The largest absolute Gasteiger partial charge is 0.497 e. The van der Waals surface area contributed by atoms with Crippen molar-refractivity contribution in [1.82, 2.24) is 0 Å². The van der Waals surface area contributed by atoms with Crippen molar-refractivity contribution in [2.24, 2.45) is 0 Å². The number of methoxy groups -OCH3 is 1. The van der Waals surface area contributed by atoms with Gasteiger partial charge in [-0.25, -0.2) is 0 Å². The van der Waals surface area contributed by atoms with Crippen molar-refractivity contribution in [3.63, 3.8) is 0 Å². The normalized spacial score (nSPS) is 28.0. The highest BCUT2D eigenvalue weighted by Crippen LogP contribution is 2.30. The maximum Gasteiger partial charge on any atom is 0.229 e. The monoisotopic (exact) mass is 405 g/mol. The molecule has 1 unspecified atom stereocenters. The first kappa shape index (κ1) is 21.4. The number of anilines is 1. The van der Waals surface area contributed by atoms with E-state index in [1.54, 1.807) is 19.2 Å². The maximum absolute atomic E-state index is 10.3. The van der Waals surface area contributed by atoms with E-state index in [0.717, 1.165) is 16.9 Å². The van der Waals surface area contributed by atoms with Gasteiger partial charge >= 0.3 is 0 Å². The smallest absolute Gasteiger partial charge is 0.229 e. The number of benzene rings is 2. The fourth-order valence-electron chi connectivity index (χ4n) is 3.29. The highest BCUT2D eigenvalue weighted by atomic mass is 16.7. The molecule has 29 heavy (non-hydrogen) atoms. The molecule has 1 saturated heterocycles. The van der Waals surface area contributed by atoms with Crippen LogP contribution in [0.3, 0.4) is 0 Å². The molecule has 158 valence electrons. The first-order chi connectivity index (χ1) is 13.8. The van der Waals surface area contributed by atoms with Crippen molar-refractivity contribution in [3.8, 4) is 11.5 Å². The van der Waals surface area contributed by atoms with E-state index in [1.807, 2.05) is 30.3 Å². The Balaban J connectivity index is 1.83. The lowest BCUT2D eigenvalue weighted by molar-refractivity contribution is -0.286. The molecular formula is C21H27NO7. The van der Waals surface area contributed by atoms with Gasteiger partial charge in [0, 0.05) is 18.2 Å². The molecule has 3 rings (SSSR count). The second-order valence-electron chi connectivity index (χ2n) is 7.19. The Hall–Kier alpha value is -2.36. The molecule has 1 aliphatic heterocycles. The molecule has 8 heteroatoms. The topological polar surface area (TPSA) is 135 Å². The minimum absolute atomic E-state index is 0.373. The zero-order valence-electron chi connectivity index (χ0n) is 16.3. The van der Waals surface area contributed by atoms with Crippen LogP contribution in [0.5, 0.6) is 11.5 Å². The van der Waals surface area contributed by atoms with Crippen LogP contribution in [0.2, 0.25) is 0 Å². The third-order valence-corrected chi connectivity index (χ3v) is 4.97. The van der Waals surface area contributed by atoms with E-state index in [2.05, 4.69) is 0 Å². The van der Waals surface area contributed by atoms with Gasteiger partial charge in [0.15, 0.2) is 0 Å². The van der Waals surface area contributed by atoms with Gasteiger partial charge < -0.3 is 40.4 Å². The molecule has 1 fully saturated rings. The first-order valence-electron chi connectivity index (χ1n) is 9.36. The standard InChI is InChI=1S/C21H27NO7/c1-11(23)20-18(25)17(24)19(26)21(29-20)28-16-10-14(22)6-5-13(16)9-12-3-7-15(27-2)8-4-12/h3-8,10-11,17-21,23-26H,9,22H2,1-2H3/t11-,17+,18+,19-,20?,21-/m1/s1. The van der Waals surface area contributed by atoms with Crippen molar-refractivity contribution in [2.45, 2.75) is 50.2 Å². The van der Waals surface area contributed by atoms with Crippen LogP contribution in [0, 0.1) is 0 Å². The summed E-state index contributed by atoms with van der Waals surface area (Å²) in [6.45, 7) is 1.42. The molecule has 2 aromatic rings. The van der Waals surface area contributed by atoms with Gasteiger partial charge in [-0.2, -0.15) is 0 Å². The SMILES string of the molecule is COc1ccc(Cc2ccc(N)cc2O[C@@H]2OC([C@@H](C)O)[C@@H](O)[C@H](O)[C@H]2O)cc1. The Labute approximate surface area is 169 Å². The van der Waals surface area contributed by atoms with Crippen LogP contribution in [0.1, 0.15) is 18.1 Å². The first-order valence-corrected chi connectivity index (χ1v) is 9.36. The molecule has 2 aromatic carbocycles. The zero-order chi connectivity index (χ0) is 21.1. The van der Waals surface area contributed by atoms with E-state index >= 15 is 0 Å². The molecule has 0 amide bonds. The van der Waals surface area contributed by atoms with Crippen molar-refractivity contribution in [3.05, 3.63) is 53.6 Å². The van der Waals surface area contributed by atoms with E-state index < -0.39 is 36.8 Å². The quantitative estimate of drug-likeness (QED) is 0.437. The van der Waals surface area contributed by atoms with E-state index in [-0.39, 0.29) is 0 Å². The molecule has 6 N–H and O–H groups in total. The van der Waals surface area contributed by atoms with Crippen LogP contribution in [-0.2, 0) is 11.2 Å². The summed E-state index contributed by atoms with van der Waals surface area (Å²) in [5, 5.41) is 40.2. The predicted octanol–water partition coefficient (Wildman–Crippen LogP) is 0.435. The lowest BCUT2D eigenvalue weighted by atomic mass is 9.96. The van der Waals surface area contributed by atoms with Gasteiger partial charge in [-0.3, -0.25) is 0 Å². The van der Waals surface area contributed by atoms with Crippen LogP contribution in [0.4, 0.5) is 5.69 Å². The molecule has 0 aliphatic carbocycles. The molecule has 8 nitrogen and oxygen atoms in total. The molecule has 0 saturated carbocycles. The van der Waals surface area contributed by atoms with Crippen molar-refractivity contribution < 1.29 is 34.6 Å². The zero-order valence-corrected chi connectivity index (χ0v) is 16.3. The molecule has 0 spiro atoms. The summed E-state index contributed by atoms with van der Waals surface area (Å²) >= 11 is 0. The lowest BCUT2D eigenvalue weighted by Crippen LogP contribution is -2.61. The molecule has 1 heterocycles. The minimum Gasteiger partial charge on any atom is -0.497 e. The minimum atomic E-state index is -1.53. The van der Waals surface area contributed by atoms with E-state index in [9.17, 15) is 20.4 Å². The Morgan fingerprint density at radius 1 is 1.03 bits per heavy atom. The Morgan fingerprint density at radius 3 is 2.34 bits per heavy atom. The van der Waals surface area contributed by atoms with E-state index in [1.165, 1.54) is 6.92 Å². The molecule has 6 atom stereocenters. The van der Waals surface area contributed by atoms with Crippen LogP contribution < -0.4 is 15.2 Å². The number of hydrogen-bond donors (Lipinski definition) is 5. The third kappa shape index (κ3) is 4.80. The van der Waals surface area contributed by atoms with Gasteiger partial charge in [0.05, 0.1) is 13.2 Å². The van der Waals surface area contributed by atoms with Gasteiger partial charge in [-0.1, -0.05) is 18.2 Å². The van der Waals surface area contributed by atoms with Crippen molar-refractivity contribution in [1.29, 1.82) is 0 Å². The van der Waals surface area contributed by atoms with Crippen LogP contribution in [0.25, 0.3) is 0 Å². The van der Waals surface area contributed by atoms with Crippen LogP contribution in [0.15, 0.2) is 42.5 Å².